The number of rotatable bonds is 5. The van der Waals surface area contributed by atoms with E-state index in [4.69, 9.17) is 17.7 Å². The van der Waals surface area contributed by atoms with E-state index in [9.17, 15) is 16.8 Å². The van der Waals surface area contributed by atoms with Gasteiger partial charge in [0, 0.05) is 5.75 Å². The van der Waals surface area contributed by atoms with Gasteiger partial charge in [-0.25, -0.2) is 8.42 Å². The summed E-state index contributed by atoms with van der Waals surface area (Å²) in [5.74, 6) is -1.36. The van der Waals surface area contributed by atoms with Crippen LogP contribution in [0.2, 0.25) is 0 Å². The molecule has 0 aliphatic heterocycles. The molecule has 1 N–H and O–H groups in total. The largest absolute Gasteiger partial charge is 0.425 e. The van der Waals surface area contributed by atoms with Crippen molar-refractivity contribution in [2.45, 2.75) is 6.42 Å². The summed E-state index contributed by atoms with van der Waals surface area (Å²) >= 11 is 0. The number of nitrogens with zero attached hydrogens (tertiary/aromatic N) is 2. The molecule has 0 spiro atoms. The number of sulfone groups is 1. The summed E-state index contributed by atoms with van der Waals surface area (Å²) in [4.78, 5) is 5.01. The van der Waals surface area contributed by atoms with Crippen molar-refractivity contribution in [2.24, 2.45) is 0 Å². The zero-order valence-electron chi connectivity index (χ0n) is 7.41. The van der Waals surface area contributed by atoms with Crippen LogP contribution in [-0.2, 0) is 20.0 Å². The van der Waals surface area contributed by atoms with Crippen LogP contribution in [0, 0.1) is 18.6 Å². The van der Waals surface area contributed by atoms with Crippen molar-refractivity contribution in [1.29, 1.82) is 0 Å². The fourth-order valence-electron chi connectivity index (χ4n) is 0.687. The summed E-state index contributed by atoms with van der Waals surface area (Å²) in [5, 5.41) is 0. The fraction of sp³-hybridized carbons (Fsp3) is 0.500. The molecule has 15 heavy (non-hydrogen) atoms. The normalized spacial score (nSPS) is 11.4. The maximum atomic E-state index is 11.1. The molecule has 0 amide bonds. The maximum absolute atomic E-state index is 11.1. The van der Waals surface area contributed by atoms with E-state index in [1.54, 1.807) is 0 Å². The second-order valence-corrected chi connectivity index (χ2v) is 6.04. The Balaban J connectivity index is 4.45. The lowest BCUT2D eigenvalue weighted by atomic mass is 10.6. The van der Waals surface area contributed by atoms with Crippen LogP contribution in [-0.4, -0.2) is 32.9 Å². The van der Waals surface area contributed by atoms with Crippen LogP contribution < -0.4 is 0 Å². The molecule has 0 aliphatic carbocycles. The third kappa shape index (κ3) is 5.22. The highest BCUT2D eigenvalue weighted by atomic mass is 32.2. The van der Waals surface area contributed by atoms with E-state index in [0.717, 1.165) is 0 Å². The van der Waals surface area contributed by atoms with Crippen LogP contribution in [0.5, 0.6) is 0 Å². The first-order valence-electron chi connectivity index (χ1n) is 3.53. The average Bonchev–Trinajstić information content (AvgIpc) is 2.02. The van der Waals surface area contributed by atoms with Crippen molar-refractivity contribution in [3.05, 3.63) is 28.3 Å². The molecule has 84 valence electrons. The highest BCUT2D eigenvalue weighted by molar-refractivity contribution is 7.94. The summed E-state index contributed by atoms with van der Waals surface area (Å²) in [5.41, 5.74) is -0.988. The maximum Gasteiger partial charge on any atom is 0.425 e. The van der Waals surface area contributed by atoms with Gasteiger partial charge in [-0.1, -0.05) is 0 Å². The Bertz CT molecular complexity index is 479. The highest BCUT2D eigenvalue weighted by Crippen LogP contribution is 2.15. The predicted molar refractivity (Wildman–Crippen MR) is 51.3 cm³/mol. The molecule has 0 aromatic carbocycles. The van der Waals surface area contributed by atoms with Gasteiger partial charge in [0.15, 0.2) is 9.84 Å². The smallest absolute Gasteiger partial charge is 0.363 e. The van der Waals surface area contributed by atoms with E-state index >= 15 is 0 Å². The first-order chi connectivity index (χ1) is 6.73. The summed E-state index contributed by atoms with van der Waals surface area (Å²) < 4.78 is 51.1. The Morgan fingerprint density at radius 3 is 1.87 bits per heavy atom. The third-order valence-electron chi connectivity index (χ3n) is 1.28. The van der Waals surface area contributed by atoms with Crippen molar-refractivity contribution >= 4 is 20.0 Å². The van der Waals surface area contributed by atoms with Gasteiger partial charge in [-0.15, -0.1) is 0 Å². The Labute approximate surface area is 88.0 Å². The second-order valence-electron chi connectivity index (χ2n) is 2.46. The van der Waals surface area contributed by atoms with Gasteiger partial charge in [-0.2, -0.15) is 8.42 Å². The van der Waals surface area contributed by atoms with Crippen molar-refractivity contribution in [2.75, 3.05) is 11.5 Å². The third-order valence-corrected chi connectivity index (χ3v) is 3.65. The van der Waals surface area contributed by atoms with E-state index in [1.807, 2.05) is 0 Å². The summed E-state index contributed by atoms with van der Waals surface area (Å²) in [7, 11) is -8.23. The molecule has 0 aromatic rings. The first-order valence-corrected chi connectivity index (χ1v) is 6.79. The zero-order valence-corrected chi connectivity index (χ0v) is 9.05. The van der Waals surface area contributed by atoms with Crippen molar-refractivity contribution < 1.29 is 21.4 Å². The van der Waals surface area contributed by atoms with Gasteiger partial charge in [0.2, 0.25) is 0 Å². The molecular formula is C6H7N2O5S2-. The van der Waals surface area contributed by atoms with Crippen molar-refractivity contribution in [3.63, 3.8) is 0 Å². The van der Waals surface area contributed by atoms with Gasteiger partial charge in [0.05, 0.1) is 5.75 Å². The van der Waals surface area contributed by atoms with E-state index < -0.39 is 37.0 Å². The lowest BCUT2D eigenvalue weighted by Gasteiger charge is -2.04. The van der Waals surface area contributed by atoms with Crippen molar-refractivity contribution in [3.8, 4) is 0 Å². The SMILES string of the molecule is [C-]#[N+][C-]([N+]#[C-])S(=O)(=O)CCCS(=O)(=O)O. The molecule has 0 aromatic heterocycles. The molecule has 9 heteroatoms. The molecule has 0 heterocycles. The lowest BCUT2D eigenvalue weighted by molar-refractivity contribution is 0.482. The highest BCUT2D eigenvalue weighted by Gasteiger charge is 2.25. The Morgan fingerprint density at radius 2 is 1.53 bits per heavy atom. The van der Waals surface area contributed by atoms with Gasteiger partial charge in [0.25, 0.3) is 10.1 Å². The number of hydrogen-bond donors (Lipinski definition) is 1. The number of hydrogen-bond acceptors (Lipinski definition) is 4. The molecule has 0 saturated carbocycles. The summed E-state index contributed by atoms with van der Waals surface area (Å²) in [6, 6.07) is 0. The Kier molecular flexibility index (Phi) is 4.55. The van der Waals surface area contributed by atoms with E-state index in [2.05, 4.69) is 9.69 Å². The zero-order chi connectivity index (χ0) is 12.1. The fourth-order valence-corrected chi connectivity index (χ4v) is 2.36. The lowest BCUT2D eigenvalue weighted by Crippen LogP contribution is -2.15. The van der Waals surface area contributed by atoms with Crippen LogP contribution in [0.3, 0.4) is 0 Å². The first kappa shape index (κ1) is 13.7. The molecular weight excluding hydrogens is 244 g/mol. The predicted octanol–water partition coefficient (Wildman–Crippen LogP) is -0.0353. The van der Waals surface area contributed by atoms with Gasteiger partial charge >= 0.3 is 5.50 Å². The van der Waals surface area contributed by atoms with Gasteiger partial charge in [0.1, 0.15) is 0 Å². The topological polar surface area (TPSA) is 97.2 Å². The quantitative estimate of drug-likeness (QED) is 0.546. The second kappa shape index (κ2) is 4.98. The molecule has 0 atom stereocenters. The molecule has 0 unspecified atom stereocenters. The molecule has 0 rings (SSSR count). The van der Waals surface area contributed by atoms with E-state index in [0.29, 0.717) is 0 Å². The summed E-state index contributed by atoms with van der Waals surface area (Å²) in [6.45, 7) is 12.8. The molecule has 0 aliphatic rings. The monoisotopic (exact) mass is 251 g/mol. The average molecular weight is 251 g/mol. The Morgan fingerprint density at radius 1 is 1.07 bits per heavy atom. The van der Waals surface area contributed by atoms with E-state index in [1.165, 1.54) is 0 Å². The minimum Gasteiger partial charge on any atom is -0.363 e. The van der Waals surface area contributed by atoms with Crippen LogP contribution in [0.15, 0.2) is 0 Å². The summed E-state index contributed by atoms with van der Waals surface area (Å²) in [6.07, 6.45) is -0.351. The van der Waals surface area contributed by atoms with Gasteiger partial charge in [-0.05, 0) is 6.42 Å². The molecule has 7 nitrogen and oxygen atoms in total. The van der Waals surface area contributed by atoms with Crippen LogP contribution in [0.25, 0.3) is 9.69 Å². The van der Waals surface area contributed by atoms with E-state index in [-0.39, 0.29) is 6.42 Å². The molecule has 0 saturated heterocycles. The minimum atomic E-state index is -4.21. The van der Waals surface area contributed by atoms with Crippen LogP contribution >= 0.6 is 0 Å². The minimum absolute atomic E-state index is 0.351. The molecule has 0 bridgehead atoms. The van der Waals surface area contributed by atoms with Gasteiger partial charge in [-0.3, -0.25) is 17.7 Å². The Hall–Kier alpha value is -1.29. The standard InChI is InChI=1S/C6H7N2O5S2/c1-7-6(8-2)14(9,10)4-3-5-15(11,12)13/h3-5H2,(H,11,12,13)/q-1. The van der Waals surface area contributed by atoms with Crippen LogP contribution in [0.1, 0.15) is 6.42 Å². The molecule has 0 fully saturated rings. The molecule has 0 radical (unpaired) electrons. The van der Waals surface area contributed by atoms with Gasteiger partial charge < -0.3 is 9.69 Å². The van der Waals surface area contributed by atoms with Crippen LogP contribution in [0.4, 0.5) is 0 Å². The van der Waals surface area contributed by atoms with Crippen molar-refractivity contribution in [1.82, 2.24) is 0 Å².